The topological polar surface area (TPSA) is 60.9 Å². The third-order valence-electron chi connectivity index (χ3n) is 4.23. The van der Waals surface area contributed by atoms with Crippen LogP contribution in [0.3, 0.4) is 0 Å². The Labute approximate surface area is 143 Å². The Bertz CT molecular complexity index is 1200. The second-order valence-electron chi connectivity index (χ2n) is 5.94. The molecule has 0 bridgehead atoms. The fourth-order valence-electron chi connectivity index (χ4n) is 2.97. The van der Waals surface area contributed by atoms with Crippen LogP contribution in [0.15, 0.2) is 67.4 Å². The number of rotatable bonds is 2. The highest BCUT2D eigenvalue weighted by Gasteiger charge is 2.13. The molecule has 5 aromatic rings. The largest absolute Gasteiger partial charge is 0.299 e. The van der Waals surface area contributed by atoms with Crippen LogP contribution in [0.25, 0.3) is 33.8 Å². The molecule has 0 unspecified atom stereocenters. The van der Waals surface area contributed by atoms with Gasteiger partial charge in [-0.1, -0.05) is 6.07 Å². The highest BCUT2D eigenvalue weighted by molar-refractivity contribution is 5.82. The van der Waals surface area contributed by atoms with Crippen molar-refractivity contribution in [2.45, 2.75) is 6.92 Å². The van der Waals surface area contributed by atoms with Gasteiger partial charge < -0.3 is 0 Å². The Kier molecular flexibility index (Phi) is 2.90. The maximum Gasteiger partial charge on any atom is 0.200 e. The number of hydrogen-bond acceptors (Lipinski definition) is 4. The Hall–Kier alpha value is -3.54. The minimum absolute atomic E-state index is 0.592. The van der Waals surface area contributed by atoms with Gasteiger partial charge in [0.2, 0.25) is 5.82 Å². The summed E-state index contributed by atoms with van der Waals surface area (Å²) in [6, 6.07) is 12.0. The summed E-state index contributed by atoms with van der Waals surface area (Å²) in [6.45, 7) is 2.01. The molecule has 0 saturated heterocycles. The Balaban J connectivity index is 1.80. The predicted octanol–water partition coefficient (Wildman–Crippen LogP) is 3.44. The van der Waals surface area contributed by atoms with Gasteiger partial charge in [-0.15, -0.1) is 5.10 Å². The van der Waals surface area contributed by atoms with Gasteiger partial charge in [-0.05, 0) is 42.8 Å². The highest BCUT2D eigenvalue weighted by atomic mass is 15.3. The van der Waals surface area contributed by atoms with Crippen molar-refractivity contribution in [1.82, 2.24) is 29.1 Å². The van der Waals surface area contributed by atoms with Crippen LogP contribution in [0.5, 0.6) is 0 Å². The summed E-state index contributed by atoms with van der Waals surface area (Å²) in [6.07, 6.45) is 9.40. The monoisotopic (exact) mass is 326 g/mol. The molecule has 0 aliphatic carbocycles. The molecular weight excluding hydrogens is 312 g/mol. The fraction of sp³-hybridized carbons (Fsp3) is 0.0526. The van der Waals surface area contributed by atoms with E-state index in [-0.39, 0.29) is 0 Å². The molecule has 0 fully saturated rings. The van der Waals surface area contributed by atoms with Gasteiger partial charge in [0.25, 0.3) is 0 Å². The van der Waals surface area contributed by atoms with Crippen LogP contribution < -0.4 is 0 Å². The van der Waals surface area contributed by atoms with Gasteiger partial charge in [0.15, 0.2) is 5.82 Å². The van der Waals surface area contributed by atoms with Crippen molar-refractivity contribution in [2.75, 3.05) is 0 Å². The molecule has 0 spiro atoms. The molecule has 0 N–H and O–H groups in total. The molecule has 120 valence electrons. The number of hydrogen-bond donors (Lipinski definition) is 0. The van der Waals surface area contributed by atoms with E-state index in [1.165, 1.54) is 0 Å². The van der Waals surface area contributed by atoms with E-state index < -0.39 is 0 Å². The van der Waals surface area contributed by atoms with Crippen molar-refractivity contribution >= 4 is 16.4 Å². The lowest BCUT2D eigenvalue weighted by Crippen LogP contribution is -2.05. The number of aryl methyl sites for hydroxylation is 1. The minimum Gasteiger partial charge on any atom is -0.299 e. The van der Waals surface area contributed by atoms with Crippen molar-refractivity contribution in [2.24, 2.45) is 0 Å². The average molecular weight is 326 g/mol. The predicted molar refractivity (Wildman–Crippen MR) is 95.6 cm³/mol. The second-order valence-corrected chi connectivity index (χ2v) is 5.94. The summed E-state index contributed by atoms with van der Waals surface area (Å²) in [7, 11) is 0. The van der Waals surface area contributed by atoms with E-state index in [0.29, 0.717) is 5.82 Å². The first-order valence-corrected chi connectivity index (χ1v) is 7.99. The molecule has 0 radical (unpaired) electrons. The molecule has 0 aliphatic rings. The third kappa shape index (κ3) is 2.19. The third-order valence-corrected chi connectivity index (χ3v) is 4.23. The van der Waals surface area contributed by atoms with Gasteiger partial charge >= 0.3 is 0 Å². The van der Waals surface area contributed by atoms with E-state index in [1.54, 1.807) is 6.20 Å². The molecule has 0 aliphatic heterocycles. The number of pyridine rings is 2. The van der Waals surface area contributed by atoms with Crippen LogP contribution >= 0.6 is 0 Å². The lowest BCUT2D eigenvalue weighted by Gasteiger charge is -2.09. The molecule has 5 rings (SSSR count). The average Bonchev–Trinajstić information content (AvgIpc) is 3.28. The van der Waals surface area contributed by atoms with E-state index in [4.69, 9.17) is 4.98 Å². The molecule has 5 aromatic heterocycles. The second kappa shape index (κ2) is 5.24. The van der Waals surface area contributed by atoms with Crippen LogP contribution in [0.2, 0.25) is 0 Å². The van der Waals surface area contributed by atoms with Crippen LogP contribution in [0.1, 0.15) is 5.56 Å². The lowest BCUT2D eigenvalue weighted by molar-refractivity contribution is 0.881. The standard InChI is InChI=1S/C19H14N6/c1-13-4-5-15(21-11-13)18-22-19(17-3-2-9-25(17)23-18)24-10-7-14-12-20-8-6-16(14)24/h2-12H,1H3. The molecule has 6 heteroatoms. The van der Waals surface area contributed by atoms with E-state index in [2.05, 4.69) is 19.6 Å². The summed E-state index contributed by atoms with van der Waals surface area (Å²) in [5.74, 6) is 1.41. The van der Waals surface area contributed by atoms with Crippen LogP contribution in [-0.2, 0) is 0 Å². The van der Waals surface area contributed by atoms with E-state index in [0.717, 1.165) is 33.5 Å². The molecule has 0 amide bonds. The zero-order valence-corrected chi connectivity index (χ0v) is 13.5. The molecule has 5 heterocycles. The Morgan fingerprint density at radius 3 is 2.76 bits per heavy atom. The van der Waals surface area contributed by atoms with E-state index in [1.807, 2.05) is 72.6 Å². The summed E-state index contributed by atoms with van der Waals surface area (Å²) < 4.78 is 3.90. The quantitative estimate of drug-likeness (QED) is 0.498. The molecular formula is C19H14N6. The summed E-state index contributed by atoms with van der Waals surface area (Å²) >= 11 is 0. The molecule has 0 aromatic carbocycles. The van der Waals surface area contributed by atoms with Crippen molar-refractivity contribution in [3.05, 3.63) is 72.9 Å². The lowest BCUT2D eigenvalue weighted by atomic mass is 10.2. The van der Waals surface area contributed by atoms with Gasteiger partial charge in [-0.2, -0.15) is 0 Å². The Morgan fingerprint density at radius 1 is 0.920 bits per heavy atom. The zero-order chi connectivity index (χ0) is 16.8. The number of fused-ring (bicyclic) bond motifs is 2. The summed E-state index contributed by atoms with van der Waals surface area (Å²) in [5, 5.41) is 5.67. The zero-order valence-electron chi connectivity index (χ0n) is 13.5. The van der Waals surface area contributed by atoms with E-state index >= 15 is 0 Å². The first-order valence-electron chi connectivity index (χ1n) is 7.99. The first-order chi connectivity index (χ1) is 12.3. The smallest absolute Gasteiger partial charge is 0.200 e. The summed E-state index contributed by atoms with van der Waals surface area (Å²) in [5.41, 5.74) is 3.85. The molecule has 0 saturated carbocycles. The van der Waals surface area contributed by atoms with Gasteiger partial charge in [0.1, 0.15) is 11.2 Å². The van der Waals surface area contributed by atoms with Crippen molar-refractivity contribution in [3.8, 4) is 17.3 Å². The maximum atomic E-state index is 4.81. The van der Waals surface area contributed by atoms with Gasteiger partial charge in [-0.25, -0.2) is 9.50 Å². The first kappa shape index (κ1) is 13.9. The number of nitrogens with zero attached hydrogens (tertiary/aromatic N) is 6. The molecule has 0 atom stereocenters. The number of aromatic nitrogens is 6. The van der Waals surface area contributed by atoms with Crippen molar-refractivity contribution < 1.29 is 0 Å². The SMILES string of the molecule is Cc1ccc(-c2nc(-n3ccc4cnccc43)c3cccn3n2)nc1. The van der Waals surface area contributed by atoms with Crippen LogP contribution in [0, 0.1) is 6.92 Å². The van der Waals surface area contributed by atoms with Crippen LogP contribution in [-0.4, -0.2) is 29.1 Å². The Morgan fingerprint density at radius 2 is 1.88 bits per heavy atom. The van der Waals surface area contributed by atoms with Crippen molar-refractivity contribution in [3.63, 3.8) is 0 Å². The van der Waals surface area contributed by atoms with Gasteiger partial charge in [-0.3, -0.25) is 14.5 Å². The van der Waals surface area contributed by atoms with Crippen molar-refractivity contribution in [1.29, 1.82) is 0 Å². The van der Waals surface area contributed by atoms with Gasteiger partial charge in [0.05, 0.1) is 5.52 Å². The molecule has 6 nitrogen and oxygen atoms in total. The van der Waals surface area contributed by atoms with Crippen LogP contribution in [0.4, 0.5) is 0 Å². The van der Waals surface area contributed by atoms with Gasteiger partial charge in [0, 0.05) is 36.4 Å². The minimum atomic E-state index is 0.592. The summed E-state index contributed by atoms with van der Waals surface area (Å²) in [4.78, 5) is 13.5. The molecule has 25 heavy (non-hydrogen) atoms. The highest BCUT2D eigenvalue weighted by Crippen LogP contribution is 2.23. The normalized spacial score (nSPS) is 11.4. The fourth-order valence-corrected chi connectivity index (χ4v) is 2.97. The van der Waals surface area contributed by atoms with E-state index in [9.17, 15) is 0 Å². The maximum absolute atomic E-state index is 4.81.